The number of rotatable bonds is 10. The zero-order valence-electron chi connectivity index (χ0n) is 14.4. The number of pyridine rings is 1. The molecule has 1 aromatic heterocycles. The standard InChI is InChI=1S/C19H24N2O3S/c1-24-16-7-9-17(10-8-16)25-15-11-18(22)20-12-3-5-14-21-13-4-2-6-19(21)23/h2,4,6-10,13H,3,5,11-12,14-15H2,1H3,(H,20,22). The molecule has 5 nitrogen and oxygen atoms in total. The van der Waals surface area contributed by atoms with Crippen molar-refractivity contribution in [3.63, 3.8) is 0 Å². The number of methoxy groups -OCH3 is 1. The zero-order valence-corrected chi connectivity index (χ0v) is 15.3. The summed E-state index contributed by atoms with van der Waals surface area (Å²) in [6, 6.07) is 13.0. The van der Waals surface area contributed by atoms with Gasteiger partial charge in [-0.15, -0.1) is 11.8 Å². The van der Waals surface area contributed by atoms with Gasteiger partial charge in [0.05, 0.1) is 7.11 Å². The molecule has 0 unspecified atom stereocenters. The van der Waals surface area contributed by atoms with Crippen molar-refractivity contribution in [3.05, 3.63) is 59.0 Å². The summed E-state index contributed by atoms with van der Waals surface area (Å²) < 4.78 is 6.81. The molecule has 0 aliphatic carbocycles. The fourth-order valence-electron chi connectivity index (χ4n) is 2.30. The Morgan fingerprint density at radius 2 is 1.96 bits per heavy atom. The van der Waals surface area contributed by atoms with Gasteiger partial charge in [0.2, 0.25) is 11.5 Å². The smallest absolute Gasteiger partial charge is 0.250 e. The molecule has 2 rings (SSSR count). The molecule has 0 aliphatic heterocycles. The molecule has 25 heavy (non-hydrogen) atoms. The molecule has 1 N–H and O–H groups in total. The minimum Gasteiger partial charge on any atom is -0.497 e. The van der Waals surface area contributed by atoms with Crippen molar-refractivity contribution in [3.8, 4) is 5.75 Å². The van der Waals surface area contributed by atoms with Crippen LogP contribution >= 0.6 is 11.8 Å². The molecular formula is C19H24N2O3S. The number of carbonyl (C=O) groups excluding carboxylic acids is 1. The lowest BCUT2D eigenvalue weighted by atomic mass is 10.3. The van der Waals surface area contributed by atoms with Gasteiger partial charge < -0.3 is 14.6 Å². The van der Waals surface area contributed by atoms with E-state index in [-0.39, 0.29) is 11.5 Å². The Morgan fingerprint density at radius 3 is 2.68 bits per heavy atom. The molecular weight excluding hydrogens is 336 g/mol. The second-order valence-corrected chi connectivity index (χ2v) is 6.73. The van der Waals surface area contributed by atoms with Crippen LogP contribution in [0.15, 0.2) is 58.4 Å². The number of unbranched alkanes of at least 4 members (excludes halogenated alkanes) is 1. The van der Waals surface area contributed by atoms with E-state index in [2.05, 4.69) is 5.32 Å². The van der Waals surface area contributed by atoms with E-state index in [9.17, 15) is 9.59 Å². The first-order chi connectivity index (χ1) is 12.2. The normalized spacial score (nSPS) is 10.4. The summed E-state index contributed by atoms with van der Waals surface area (Å²) in [5.74, 6) is 1.65. The number of carbonyl (C=O) groups is 1. The molecule has 0 bridgehead atoms. The number of hydrogen-bond acceptors (Lipinski definition) is 4. The predicted octanol–water partition coefficient (Wildman–Crippen LogP) is 2.94. The number of aromatic nitrogens is 1. The first kappa shape index (κ1) is 19.1. The first-order valence-electron chi connectivity index (χ1n) is 8.38. The molecule has 2 aromatic rings. The molecule has 0 atom stereocenters. The maximum absolute atomic E-state index is 11.8. The Morgan fingerprint density at radius 1 is 1.16 bits per heavy atom. The van der Waals surface area contributed by atoms with Crippen LogP contribution in [0.1, 0.15) is 19.3 Å². The van der Waals surface area contributed by atoms with Crippen LogP contribution in [0.25, 0.3) is 0 Å². The SMILES string of the molecule is COc1ccc(SCCC(=O)NCCCCn2ccccc2=O)cc1. The van der Waals surface area contributed by atoms with Gasteiger partial charge in [-0.3, -0.25) is 9.59 Å². The average molecular weight is 360 g/mol. The van der Waals surface area contributed by atoms with Gasteiger partial charge in [0.15, 0.2) is 0 Å². The van der Waals surface area contributed by atoms with Gasteiger partial charge in [-0.1, -0.05) is 6.07 Å². The number of amides is 1. The van der Waals surface area contributed by atoms with E-state index in [4.69, 9.17) is 4.74 Å². The summed E-state index contributed by atoms with van der Waals surface area (Å²) in [7, 11) is 1.64. The molecule has 0 spiro atoms. The monoisotopic (exact) mass is 360 g/mol. The van der Waals surface area contributed by atoms with E-state index in [0.717, 1.165) is 29.2 Å². The van der Waals surface area contributed by atoms with Gasteiger partial charge in [-0.05, 0) is 43.2 Å². The fourth-order valence-corrected chi connectivity index (χ4v) is 3.15. The van der Waals surface area contributed by atoms with E-state index in [1.54, 1.807) is 41.8 Å². The minimum absolute atomic E-state index is 0.0158. The van der Waals surface area contributed by atoms with Crippen LogP contribution in [0.2, 0.25) is 0 Å². The van der Waals surface area contributed by atoms with Crippen LogP contribution < -0.4 is 15.6 Å². The Kier molecular flexibility index (Phi) is 8.12. The number of nitrogens with zero attached hydrogens (tertiary/aromatic N) is 1. The van der Waals surface area contributed by atoms with Crippen molar-refractivity contribution in [1.82, 2.24) is 9.88 Å². The lowest BCUT2D eigenvalue weighted by Gasteiger charge is -2.07. The first-order valence-corrected chi connectivity index (χ1v) is 9.36. The van der Waals surface area contributed by atoms with Crippen LogP contribution in [-0.4, -0.2) is 29.9 Å². The number of thioether (sulfide) groups is 1. The molecule has 0 aliphatic rings. The highest BCUT2D eigenvalue weighted by Gasteiger charge is 2.02. The van der Waals surface area contributed by atoms with Crippen LogP contribution in [0, 0.1) is 0 Å². The second kappa shape index (κ2) is 10.6. The topological polar surface area (TPSA) is 60.3 Å². The van der Waals surface area contributed by atoms with E-state index < -0.39 is 0 Å². The summed E-state index contributed by atoms with van der Waals surface area (Å²) >= 11 is 1.66. The largest absolute Gasteiger partial charge is 0.497 e. The van der Waals surface area contributed by atoms with Gasteiger partial charge in [0, 0.05) is 42.4 Å². The van der Waals surface area contributed by atoms with E-state index in [0.29, 0.717) is 19.5 Å². The molecule has 1 heterocycles. The molecule has 1 amide bonds. The highest BCUT2D eigenvalue weighted by Crippen LogP contribution is 2.21. The summed E-state index contributed by atoms with van der Waals surface area (Å²) in [4.78, 5) is 24.5. The predicted molar refractivity (Wildman–Crippen MR) is 101 cm³/mol. The third-order valence-corrected chi connectivity index (χ3v) is 4.72. The Hall–Kier alpha value is -2.21. The third-order valence-electron chi connectivity index (χ3n) is 3.70. The van der Waals surface area contributed by atoms with Crippen LogP contribution in [0.5, 0.6) is 5.75 Å². The lowest BCUT2D eigenvalue weighted by Crippen LogP contribution is -2.25. The lowest BCUT2D eigenvalue weighted by molar-refractivity contribution is -0.120. The van der Waals surface area contributed by atoms with E-state index >= 15 is 0 Å². The summed E-state index contributed by atoms with van der Waals surface area (Å²) in [6.07, 6.45) is 4.01. The van der Waals surface area contributed by atoms with Gasteiger partial charge in [-0.2, -0.15) is 0 Å². The van der Waals surface area contributed by atoms with Crippen molar-refractivity contribution in [2.45, 2.75) is 30.7 Å². The van der Waals surface area contributed by atoms with Crippen molar-refractivity contribution in [1.29, 1.82) is 0 Å². The van der Waals surface area contributed by atoms with Crippen LogP contribution in [-0.2, 0) is 11.3 Å². The molecule has 0 saturated carbocycles. The maximum atomic E-state index is 11.8. The number of hydrogen-bond donors (Lipinski definition) is 1. The Labute approximate surface area is 152 Å². The summed E-state index contributed by atoms with van der Waals surface area (Å²) in [5, 5.41) is 2.93. The van der Waals surface area contributed by atoms with Crippen molar-refractivity contribution < 1.29 is 9.53 Å². The van der Waals surface area contributed by atoms with Crippen molar-refractivity contribution in [2.24, 2.45) is 0 Å². The van der Waals surface area contributed by atoms with E-state index in [1.807, 2.05) is 30.3 Å². The molecule has 1 aromatic carbocycles. The number of aryl methyl sites for hydroxylation is 1. The summed E-state index contributed by atoms with van der Waals surface area (Å²) in [6.45, 7) is 1.33. The Balaban J connectivity index is 1.55. The summed E-state index contributed by atoms with van der Waals surface area (Å²) in [5.41, 5.74) is 0.0158. The molecule has 0 radical (unpaired) electrons. The van der Waals surface area contributed by atoms with Crippen molar-refractivity contribution >= 4 is 17.7 Å². The minimum atomic E-state index is 0.0158. The number of benzene rings is 1. The third kappa shape index (κ3) is 7.05. The molecule has 6 heteroatoms. The highest BCUT2D eigenvalue weighted by molar-refractivity contribution is 7.99. The van der Waals surface area contributed by atoms with Gasteiger partial charge in [0.25, 0.3) is 0 Å². The number of nitrogens with one attached hydrogen (secondary N) is 1. The molecule has 0 saturated heterocycles. The zero-order chi connectivity index (χ0) is 17.9. The molecule has 0 fully saturated rings. The van der Waals surface area contributed by atoms with E-state index in [1.165, 1.54) is 0 Å². The quantitative estimate of drug-likeness (QED) is 0.523. The second-order valence-electron chi connectivity index (χ2n) is 5.56. The number of ether oxygens (including phenoxy) is 1. The maximum Gasteiger partial charge on any atom is 0.250 e. The fraction of sp³-hybridized carbons (Fsp3) is 0.368. The highest BCUT2D eigenvalue weighted by atomic mass is 32.2. The molecule has 134 valence electrons. The van der Waals surface area contributed by atoms with Crippen molar-refractivity contribution in [2.75, 3.05) is 19.4 Å². The Bertz CT molecular complexity index is 713. The van der Waals surface area contributed by atoms with Gasteiger partial charge in [-0.25, -0.2) is 0 Å². The van der Waals surface area contributed by atoms with Crippen LogP contribution in [0.3, 0.4) is 0 Å². The van der Waals surface area contributed by atoms with Gasteiger partial charge in [0.1, 0.15) is 5.75 Å². The average Bonchev–Trinajstić information content (AvgIpc) is 2.63. The van der Waals surface area contributed by atoms with Gasteiger partial charge >= 0.3 is 0 Å². The van der Waals surface area contributed by atoms with Crippen LogP contribution in [0.4, 0.5) is 0 Å².